The number of carbonyl (C=O) groups excluding carboxylic acids is 2. The molecule has 2 rings (SSSR count). The van der Waals surface area contributed by atoms with Crippen LogP contribution in [0, 0.1) is 5.82 Å². The minimum atomic E-state index is -0.900. The molecule has 0 aliphatic rings. The van der Waals surface area contributed by atoms with E-state index in [1.807, 2.05) is 0 Å². The molecule has 25 heavy (non-hydrogen) atoms. The summed E-state index contributed by atoms with van der Waals surface area (Å²) in [5.41, 5.74) is 0.249. The Morgan fingerprint density at radius 3 is 2.32 bits per heavy atom. The summed E-state index contributed by atoms with van der Waals surface area (Å²) in [5.74, 6) is -1.15. The lowest BCUT2D eigenvalue weighted by molar-refractivity contribution is -0.119. The number of carbonyl (C=O) groups is 2. The van der Waals surface area contributed by atoms with Gasteiger partial charge >= 0.3 is 5.97 Å². The molecule has 0 heterocycles. The van der Waals surface area contributed by atoms with Crippen molar-refractivity contribution < 1.29 is 28.2 Å². The predicted molar refractivity (Wildman–Crippen MR) is 89.9 cm³/mol. The van der Waals surface area contributed by atoms with Crippen LogP contribution in [0.15, 0.2) is 36.4 Å². The summed E-state index contributed by atoms with van der Waals surface area (Å²) in [7, 11) is 2.95. The van der Waals surface area contributed by atoms with Gasteiger partial charge in [-0.15, -0.1) is 0 Å². The quantitative estimate of drug-likeness (QED) is 0.793. The van der Waals surface area contributed by atoms with E-state index >= 15 is 0 Å². The first-order valence-corrected chi connectivity index (χ1v) is 7.46. The number of nitrogens with one attached hydrogen (secondary N) is 1. The van der Waals surface area contributed by atoms with Crippen molar-refractivity contribution in [2.24, 2.45) is 0 Å². The molecule has 6 nitrogen and oxygen atoms in total. The van der Waals surface area contributed by atoms with Gasteiger partial charge in [-0.3, -0.25) is 4.79 Å². The SMILES string of the molecule is COc1cc(NC(=O)COC(=O)c2cc(F)ccc2Cl)cc(OC)c1. The molecule has 2 aromatic rings. The average molecular weight is 368 g/mol. The molecule has 0 aromatic heterocycles. The van der Waals surface area contributed by atoms with Gasteiger partial charge in [0.1, 0.15) is 17.3 Å². The summed E-state index contributed by atoms with van der Waals surface area (Å²) >= 11 is 5.81. The lowest BCUT2D eigenvalue weighted by Gasteiger charge is -2.10. The van der Waals surface area contributed by atoms with E-state index in [4.69, 9.17) is 25.8 Å². The first-order valence-electron chi connectivity index (χ1n) is 7.08. The van der Waals surface area contributed by atoms with Gasteiger partial charge in [-0.2, -0.15) is 0 Å². The smallest absolute Gasteiger partial charge is 0.340 e. The molecule has 0 unspecified atom stereocenters. The lowest BCUT2D eigenvalue weighted by Crippen LogP contribution is -2.21. The van der Waals surface area contributed by atoms with Crippen molar-refractivity contribution in [2.75, 3.05) is 26.1 Å². The molecule has 0 aliphatic heterocycles. The highest BCUT2D eigenvalue weighted by molar-refractivity contribution is 6.33. The van der Waals surface area contributed by atoms with Crippen LogP contribution in [0.3, 0.4) is 0 Å². The van der Waals surface area contributed by atoms with Crippen molar-refractivity contribution in [1.29, 1.82) is 0 Å². The normalized spacial score (nSPS) is 10.1. The zero-order chi connectivity index (χ0) is 18.4. The topological polar surface area (TPSA) is 73.9 Å². The number of methoxy groups -OCH3 is 2. The summed E-state index contributed by atoms with van der Waals surface area (Å²) in [4.78, 5) is 23.8. The standard InChI is InChI=1S/C17H15ClFNO5/c1-23-12-6-11(7-13(8-12)24-2)20-16(21)9-25-17(22)14-5-10(19)3-4-15(14)18/h3-8H,9H2,1-2H3,(H,20,21). The van der Waals surface area contributed by atoms with Crippen molar-refractivity contribution in [1.82, 2.24) is 0 Å². The molecule has 0 saturated heterocycles. The van der Waals surface area contributed by atoms with Gasteiger partial charge in [-0.25, -0.2) is 9.18 Å². The molecule has 1 amide bonds. The van der Waals surface area contributed by atoms with E-state index in [-0.39, 0.29) is 10.6 Å². The second-order valence-corrected chi connectivity index (χ2v) is 5.26. The van der Waals surface area contributed by atoms with E-state index in [2.05, 4.69) is 5.32 Å². The second-order valence-electron chi connectivity index (χ2n) is 4.85. The van der Waals surface area contributed by atoms with Crippen LogP contribution in [0.4, 0.5) is 10.1 Å². The summed E-state index contributed by atoms with van der Waals surface area (Å²) in [6.45, 7) is -0.564. The Balaban J connectivity index is 1.99. The number of hydrogen-bond acceptors (Lipinski definition) is 5. The maximum absolute atomic E-state index is 13.2. The number of hydrogen-bond donors (Lipinski definition) is 1. The Morgan fingerprint density at radius 2 is 1.72 bits per heavy atom. The van der Waals surface area contributed by atoms with Gasteiger partial charge in [-0.1, -0.05) is 11.6 Å². The van der Waals surface area contributed by atoms with Crippen molar-refractivity contribution in [3.8, 4) is 11.5 Å². The van der Waals surface area contributed by atoms with Crippen LogP contribution in [-0.2, 0) is 9.53 Å². The summed E-state index contributed by atoms with van der Waals surface area (Å²) < 4.78 is 28.2. The van der Waals surface area contributed by atoms with E-state index in [0.717, 1.165) is 12.1 Å². The number of anilines is 1. The third-order valence-electron chi connectivity index (χ3n) is 3.12. The molecule has 1 N–H and O–H groups in total. The molecule has 0 aliphatic carbocycles. The van der Waals surface area contributed by atoms with Crippen LogP contribution in [0.2, 0.25) is 5.02 Å². The van der Waals surface area contributed by atoms with Crippen LogP contribution < -0.4 is 14.8 Å². The fourth-order valence-electron chi connectivity index (χ4n) is 1.94. The lowest BCUT2D eigenvalue weighted by atomic mass is 10.2. The van der Waals surface area contributed by atoms with Crippen molar-refractivity contribution >= 4 is 29.2 Å². The fourth-order valence-corrected chi connectivity index (χ4v) is 2.13. The number of halogens is 2. The van der Waals surface area contributed by atoms with Crippen LogP contribution in [0.1, 0.15) is 10.4 Å². The average Bonchev–Trinajstić information content (AvgIpc) is 2.61. The van der Waals surface area contributed by atoms with Gasteiger partial charge in [-0.05, 0) is 18.2 Å². The van der Waals surface area contributed by atoms with E-state index in [0.29, 0.717) is 17.2 Å². The van der Waals surface area contributed by atoms with Gasteiger partial charge in [0.15, 0.2) is 6.61 Å². The Kier molecular flexibility index (Phi) is 6.19. The van der Waals surface area contributed by atoms with Gasteiger partial charge in [0, 0.05) is 23.9 Å². The molecule has 8 heteroatoms. The molecule has 2 aromatic carbocycles. The Morgan fingerprint density at radius 1 is 1.08 bits per heavy atom. The zero-order valence-electron chi connectivity index (χ0n) is 13.5. The van der Waals surface area contributed by atoms with Crippen LogP contribution >= 0.6 is 11.6 Å². The number of benzene rings is 2. The molecular formula is C17H15ClFNO5. The molecular weight excluding hydrogens is 353 g/mol. The van der Waals surface area contributed by atoms with Crippen molar-refractivity contribution in [3.05, 3.63) is 52.8 Å². The zero-order valence-corrected chi connectivity index (χ0v) is 14.2. The maximum atomic E-state index is 13.2. The molecule has 0 radical (unpaired) electrons. The molecule has 0 fully saturated rings. The first-order chi connectivity index (χ1) is 11.9. The highest BCUT2D eigenvalue weighted by Gasteiger charge is 2.15. The van der Waals surface area contributed by atoms with Gasteiger partial charge in [0.2, 0.25) is 0 Å². The van der Waals surface area contributed by atoms with Crippen LogP contribution in [0.25, 0.3) is 0 Å². The molecule has 0 saturated carbocycles. The number of amides is 1. The maximum Gasteiger partial charge on any atom is 0.340 e. The van der Waals surface area contributed by atoms with E-state index in [1.165, 1.54) is 20.3 Å². The predicted octanol–water partition coefficient (Wildman–Crippen LogP) is 3.29. The monoisotopic (exact) mass is 367 g/mol. The largest absolute Gasteiger partial charge is 0.497 e. The van der Waals surface area contributed by atoms with Crippen molar-refractivity contribution in [3.63, 3.8) is 0 Å². The fraction of sp³-hybridized carbons (Fsp3) is 0.176. The van der Waals surface area contributed by atoms with Crippen LogP contribution in [0.5, 0.6) is 11.5 Å². The van der Waals surface area contributed by atoms with Gasteiger partial charge in [0.05, 0.1) is 24.8 Å². The van der Waals surface area contributed by atoms with Crippen molar-refractivity contribution in [2.45, 2.75) is 0 Å². The number of ether oxygens (including phenoxy) is 3. The molecule has 132 valence electrons. The number of rotatable bonds is 6. The Hall–Kier alpha value is -2.80. The minimum Gasteiger partial charge on any atom is -0.497 e. The molecule has 0 bridgehead atoms. The molecule has 0 atom stereocenters. The summed E-state index contributed by atoms with van der Waals surface area (Å²) in [6.07, 6.45) is 0. The van der Waals surface area contributed by atoms with E-state index < -0.39 is 24.3 Å². The van der Waals surface area contributed by atoms with Gasteiger partial charge < -0.3 is 19.5 Å². The Labute approximate surface area is 148 Å². The number of esters is 1. The third kappa shape index (κ3) is 5.09. The van der Waals surface area contributed by atoms with E-state index in [9.17, 15) is 14.0 Å². The molecule has 0 spiro atoms. The first kappa shape index (κ1) is 18.5. The highest BCUT2D eigenvalue weighted by atomic mass is 35.5. The minimum absolute atomic E-state index is 0.0318. The van der Waals surface area contributed by atoms with E-state index in [1.54, 1.807) is 18.2 Å². The highest BCUT2D eigenvalue weighted by Crippen LogP contribution is 2.25. The van der Waals surface area contributed by atoms with Crippen LogP contribution in [-0.4, -0.2) is 32.7 Å². The summed E-state index contributed by atoms with van der Waals surface area (Å²) in [6, 6.07) is 8.08. The second kappa shape index (κ2) is 8.34. The third-order valence-corrected chi connectivity index (χ3v) is 3.45. The van der Waals surface area contributed by atoms with Gasteiger partial charge in [0.25, 0.3) is 5.91 Å². The summed E-state index contributed by atoms with van der Waals surface area (Å²) in [5, 5.41) is 2.57. The Bertz CT molecular complexity index is 774.